The van der Waals surface area contributed by atoms with Crippen LogP contribution in [0.25, 0.3) is 10.8 Å². The summed E-state index contributed by atoms with van der Waals surface area (Å²) in [6, 6.07) is 12.7. The maximum Gasteiger partial charge on any atom is 0.159 e. The van der Waals surface area contributed by atoms with Crippen LogP contribution in [-0.4, -0.2) is 5.78 Å². The quantitative estimate of drug-likeness (QED) is 0.351. The average molecular weight is 310 g/mol. The third kappa shape index (κ3) is 5.82. The summed E-state index contributed by atoms with van der Waals surface area (Å²) in [6.07, 6.45) is 12.0. The fourth-order valence-electron chi connectivity index (χ4n) is 3.13. The molecule has 0 aliphatic carbocycles. The van der Waals surface area contributed by atoms with Gasteiger partial charge in [-0.3, -0.25) is 4.79 Å². The largest absolute Gasteiger partial charge is 0.295 e. The van der Waals surface area contributed by atoms with Gasteiger partial charge < -0.3 is 0 Å². The Morgan fingerprint density at radius 2 is 1.43 bits per heavy atom. The minimum absolute atomic E-state index is 0.139. The molecule has 0 saturated heterocycles. The van der Waals surface area contributed by atoms with E-state index in [1.54, 1.807) is 6.92 Å². The van der Waals surface area contributed by atoms with Gasteiger partial charge in [0.05, 0.1) is 0 Å². The normalized spacial score (nSPS) is 11.0. The van der Waals surface area contributed by atoms with Gasteiger partial charge in [-0.2, -0.15) is 0 Å². The van der Waals surface area contributed by atoms with E-state index in [9.17, 15) is 4.79 Å². The van der Waals surface area contributed by atoms with Crippen LogP contribution in [-0.2, 0) is 6.42 Å². The van der Waals surface area contributed by atoms with Gasteiger partial charge in [-0.25, -0.2) is 0 Å². The number of unbranched alkanes of at least 4 members (excludes halogenated alkanes) is 7. The number of carbonyl (C=O) groups excluding carboxylic acids is 1. The van der Waals surface area contributed by atoms with Crippen molar-refractivity contribution in [1.29, 1.82) is 0 Å². The van der Waals surface area contributed by atoms with Crippen molar-refractivity contribution in [1.82, 2.24) is 0 Å². The summed E-state index contributed by atoms with van der Waals surface area (Å²) in [5.41, 5.74) is 2.20. The van der Waals surface area contributed by atoms with Crippen molar-refractivity contribution in [2.75, 3.05) is 0 Å². The van der Waals surface area contributed by atoms with Crippen molar-refractivity contribution in [3.63, 3.8) is 0 Å². The molecule has 0 atom stereocenters. The van der Waals surface area contributed by atoms with Gasteiger partial charge in [0.15, 0.2) is 5.78 Å². The van der Waals surface area contributed by atoms with Gasteiger partial charge in [0, 0.05) is 5.56 Å². The molecule has 0 fully saturated rings. The van der Waals surface area contributed by atoms with E-state index in [4.69, 9.17) is 0 Å². The van der Waals surface area contributed by atoms with Crippen LogP contribution in [0.15, 0.2) is 36.4 Å². The summed E-state index contributed by atoms with van der Waals surface area (Å²) in [6.45, 7) is 3.90. The van der Waals surface area contributed by atoms with Gasteiger partial charge in [-0.05, 0) is 42.2 Å². The highest BCUT2D eigenvalue weighted by Gasteiger charge is 2.02. The van der Waals surface area contributed by atoms with Crippen LogP contribution in [0.2, 0.25) is 0 Å². The Balaban J connectivity index is 1.80. The number of carbonyl (C=O) groups is 1. The van der Waals surface area contributed by atoms with Crippen molar-refractivity contribution in [2.45, 2.75) is 71.6 Å². The van der Waals surface area contributed by atoms with Crippen LogP contribution in [0.1, 0.15) is 81.1 Å². The van der Waals surface area contributed by atoms with Crippen LogP contribution in [0, 0.1) is 0 Å². The van der Waals surface area contributed by atoms with E-state index in [0.717, 1.165) is 12.0 Å². The van der Waals surface area contributed by atoms with Gasteiger partial charge >= 0.3 is 0 Å². The van der Waals surface area contributed by atoms with Crippen molar-refractivity contribution in [3.8, 4) is 0 Å². The third-order valence-corrected chi connectivity index (χ3v) is 4.63. The second kappa shape index (κ2) is 9.50. The fraction of sp³-hybridized carbons (Fsp3) is 0.500. The zero-order valence-corrected chi connectivity index (χ0v) is 14.7. The maximum absolute atomic E-state index is 11.5. The van der Waals surface area contributed by atoms with Crippen molar-refractivity contribution >= 4 is 16.6 Å². The smallest absolute Gasteiger partial charge is 0.159 e. The Hall–Kier alpha value is -1.63. The molecule has 2 aromatic carbocycles. The van der Waals surface area contributed by atoms with Crippen LogP contribution in [0.5, 0.6) is 0 Å². The topological polar surface area (TPSA) is 17.1 Å². The molecule has 1 heteroatoms. The molecule has 124 valence electrons. The van der Waals surface area contributed by atoms with Crippen LogP contribution in [0.3, 0.4) is 0 Å². The van der Waals surface area contributed by atoms with E-state index < -0.39 is 0 Å². The molecule has 0 aliphatic rings. The fourth-order valence-corrected chi connectivity index (χ4v) is 3.13. The Bertz CT molecular complexity index is 627. The zero-order valence-electron chi connectivity index (χ0n) is 14.7. The Morgan fingerprint density at radius 3 is 2.13 bits per heavy atom. The molecule has 1 nitrogen and oxygen atoms in total. The molecular formula is C22H30O. The van der Waals surface area contributed by atoms with E-state index in [1.165, 1.54) is 67.7 Å². The molecule has 0 radical (unpaired) electrons. The van der Waals surface area contributed by atoms with Crippen LogP contribution >= 0.6 is 0 Å². The lowest BCUT2D eigenvalue weighted by Crippen LogP contribution is -1.92. The molecule has 0 N–H and O–H groups in total. The summed E-state index contributed by atoms with van der Waals surface area (Å²) < 4.78 is 0. The number of fused-ring (bicyclic) bond motifs is 1. The lowest BCUT2D eigenvalue weighted by Gasteiger charge is -2.06. The first-order chi connectivity index (χ1) is 11.2. The lowest BCUT2D eigenvalue weighted by atomic mass is 9.99. The number of Topliss-reactive ketones (excluding diaryl/α,β-unsaturated/α-hetero) is 1. The monoisotopic (exact) mass is 310 g/mol. The van der Waals surface area contributed by atoms with Crippen molar-refractivity contribution < 1.29 is 4.79 Å². The highest BCUT2D eigenvalue weighted by molar-refractivity contribution is 5.98. The van der Waals surface area contributed by atoms with Gasteiger partial charge in [0.1, 0.15) is 0 Å². The van der Waals surface area contributed by atoms with Crippen LogP contribution < -0.4 is 0 Å². The predicted molar refractivity (Wildman–Crippen MR) is 100 cm³/mol. The van der Waals surface area contributed by atoms with Gasteiger partial charge in [-0.1, -0.05) is 82.2 Å². The first kappa shape index (κ1) is 17.7. The molecule has 0 heterocycles. The average Bonchev–Trinajstić information content (AvgIpc) is 2.56. The number of ketones is 1. The Kier molecular flexibility index (Phi) is 7.32. The molecule has 0 unspecified atom stereocenters. The SMILES string of the molecule is CCCCCCCCCCc1ccc2ccc(C(C)=O)cc2c1. The van der Waals surface area contributed by atoms with Crippen molar-refractivity contribution in [3.05, 3.63) is 47.5 Å². The van der Waals surface area contributed by atoms with Gasteiger partial charge in [0.25, 0.3) is 0 Å². The van der Waals surface area contributed by atoms with Crippen molar-refractivity contribution in [2.24, 2.45) is 0 Å². The number of rotatable bonds is 10. The van der Waals surface area contributed by atoms with Gasteiger partial charge in [0.2, 0.25) is 0 Å². The Labute approximate surface area is 141 Å². The highest BCUT2D eigenvalue weighted by Crippen LogP contribution is 2.20. The molecular weight excluding hydrogens is 280 g/mol. The molecule has 2 aromatic rings. The lowest BCUT2D eigenvalue weighted by molar-refractivity contribution is 0.101. The van der Waals surface area contributed by atoms with E-state index in [2.05, 4.69) is 25.1 Å². The molecule has 0 bridgehead atoms. The second-order valence-electron chi connectivity index (χ2n) is 6.68. The zero-order chi connectivity index (χ0) is 16.5. The molecule has 0 aromatic heterocycles. The van der Waals surface area contributed by atoms with E-state index >= 15 is 0 Å². The third-order valence-electron chi connectivity index (χ3n) is 4.63. The molecule has 0 spiro atoms. The van der Waals surface area contributed by atoms with Crippen LogP contribution in [0.4, 0.5) is 0 Å². The Morgan fingerprint density at radius 1 is 0.783 bits per heavy atom. The number of aryl methyl sites for hydroxylation is 1. The summed E-state index contributed by atoms with van der Waals surface area (Å²) >= 11 is 0. The highest BCUT2D eigenvalue weighted by atomic mass is 16.1. The summed E-state index contributed by atoms with van der Waals surface area (Å²) in [5.74, 6) is 0.139. The van der Waals surface area contributed by atoms with Gasteiger partial charge in [-0.15, -0.1) is 0 Å². The second-order valence-corrected chi connectivity index (χ2v) is 6.68. The minimum Gasteiger partial charge on any atom is -0.295 e. The molecule has 0 aliphatic heterocycles. The number of benzene rings is 2. The van der Waals surface area contributed by atoms with E-state index in [-0.39, 0.29) is 5.78 Å². The first-order valence-corrected chi connectivity index (χ1v) is 9.24. The molecule has 0 amide bonds. The minimum atomic E-state index is 0.139. The summed E-state index contributed by atoms with van der Waals surface area (Å²) in [7, 11) is 0. The standard InChI is InChI=1S/C22H30O/c1-3-4-5-6-7-8-9-10-11-19-12-13-20-14-15-21(18(2)23)17-22(20)16-19/h12-17H,3-11H2,1-2H3. The predicted octanol–water partition coefficient (Wildman–Crippen LogP) is 6.73. The summed E-state index contributed by atoms with van der Waals surface area (Å²) in [4.78, 5) is 11.5. The number of hydrogen-bond acceptors (Lipinski definition) is 1. The number of hydrogen-bond donors (Lipinski definition) is 0. The summed E-state index contributed by atoms with van der Waals surface area (Å²) in [5, 5.41) is 2.41. The first-order valence-electron chi connectivity index (χ1n) is 9.24. The van der Waals surface area contributed by atoms with E-state index in [0.29, 0.717) is 0 Å². The molecule has 23 heavy (non-hydrogen) atoms. The van der Waals surface area contributed by atoms with E-state index in [1.807, 2.05) is 18.2 Å². The molecule has 0 saturated carbocycles. The maximum atomic E-state index is 11.5. The molecule has 2 rings (SSSR count).